The SMILES string of the molecule is COc1ccc(CN2CCN(c3ccc(C4[B]OOC4)cn3)CC2)cn1. The van der Waals surface area contributed by atoms with Crippen molar-refractivity contribution in [1.82, 2.24) is 14.9 Å². The van der Waals surface area contributed by atoms with E-state index in [1.165, 1.54) is 5.56 Å². The van der Waals surface area contributed by atoms with Gasteiger partial charge in [-0.05, 0) is 17.2 Å². The summed E-state index contributed by atoms with van der Waals surface area (Å²) in [5, 5.41) is 0. The van der Waals surface area contributed by atoms with Gasteiger partial charge in [-0.2, -0.15) is 0 Å². The van der Waals surface area contributed by atoms with Crippen LogP contribution in [0.4, 0.5) is 5.82 Å². The number of nitrogens with zero attached hydrogens (tertiary/aromatic N) is 4. The molecule has 0 aromatic carbocycles. The molecule has 135 valence electrons. The number of rotatable bonds is 5. The van der Waals surface area contributed by atoms with E-state index in [2.05, 4.69) is 38.0 Å². The molecule has 1 atom stereocenters. The van der Waals surface area contributed by atoms with Crippen LogP contribution in [0.1, 0.15) is 16.9 Å². The van der Waals surface area contributed by atoms with Gasteiger partial charge in [0.25, 0.3) is 0 Å². The standard InChI is InChI=1S/C18H22BN4O3/c1-24-18-5-2-14(10-21-18)12-22-6-8-23(9-7-22)17-4-3-15(11-20-17)16-13-25-26-19-16/h2-5,10-11,16H,6-9,12-13H2,1H3. The summed E-state index contributed by atoms with van der Waals surface area (Å²) in [4.78, 5) is 23.4. The molecule has 0 bridgehead atoms. The molecule has 2 aliphatic heterocycles. The van der Waals surface area contributed by atoms with E-state index in [1.807, 2.05) is 18.5 Å². The van der Waals surface area contributed by atoms with Crippen LogP contribution >= 0.6 is 0 Å². The van der Waals surface area contributed by atoms with E-state index in [1.54, 1.807) is 14.6 Å². The predicted molar refractivity (Wildman–Crippen MR) is 98.0 cm³/mol. The molecule has 0 N–H and O–H groups in total. The summed E-state index contributed by atoms with van der Waals surface area (Å²) in [5.41, 5.74) is 2.33. The normalized spacial score (nSPS) is 20.8. The van der Waals surface area contributed by atoms with E-state index >= 15 is 0 Å². The molecule has 0 amide bonds. The number of anilines is 1. The highest BCUT2D eigenvalue weighted by atomic mass is 17.2. The molecule has 0 spiro atoms. The van der Waals surface area contributed by atoms with Crippen LogP contribution in [0.25, 0.3) is 0 Å². The summed E-state index contributed by atoms with van der Waals surface area (Å²) in [6.45, 7) is 5.42. The Balaban J connectivity index is 1.30. The Bertz CT molecular complexity index is 699. The predicted octanol–water partition coefficient (Wildman–Crippen LogP) is 1.43. The molecule has 2 fully saturated rings. The second-order valence-corrected chi connectivity index (χ2v) is 6.55. The van der Waals surface area contributed by atoms with Crippen LogP contribution in [0.2, 0.25) is 0 Å². The summed E-state index contributed by atoms with van der Waals surface area (Å²) in [6.07, 6.45) is 3.81. The van der Waals surface area contributed by atoms with E-state index in [0.717, 1.165) is 44.1 Å². The summed E-state index contributed by atoms with van der Waals surface area (Å²) >= 11 is 0. The second kappa shape index (κ2) is 8.03. The first-order valence-corrected chi connectivity index (χ1v) is 8.85. The molecule has 7 nitrogen and oxygen atoms in total. The van der Waals surface area contributed by atoms with Gasteiger partial charge in [0.2, 0.25) is 5.88 Å². The number of piperazine rings is 1. The van der Waals surface area contributed by atoms with Gasteiger partial charge in [0.15, 0.2) is 0 Å². The number of hydrogen-bond acceptors (Lipinski definition) is 7. The number of ether oxygens (including phenoxy) is 1. The lowest BCUT2D eigenvalue weighted by atomic mass is 9.77. The maximum absolute atomic E-state index is 5.11. The molecular formula is C18H22BN4O3. The van der Waals surface area contributed by atoms with Gasteiger partial charge in [0, 0.05) is 57.0 Å². The van der Waals surface area contributed by atoms with Crippen molar-refractivity contribution in [3.63, 3.8) is 0 Å². The molecule has 4 heterocycles. The molecule has 0 aliphatic carbocycles. The molecule has 2 saturated heterocycles. The average Bonchev–Trinajstić information content (AvgIpc) is 3.24. The molecule has 2 aromatic heterocycles. The molecule has 1 unspecified atom stereocenters. The third kappa shape index (κ3) is 3.98. The fraction of sp³-hybridized carbons (Fsp3) is 0.444. The van der Waals surface area contributed by atoms with Crippen molar-refractivity contribution >= 4 is 13.3 Å². The molecule has 4 rings (SSSR count). The third-order valence-electron chi connectivity index (χ3n) is 4.84. The molecule has 2 aliphatic rings. The Labute approximate surface area is 154 Å². The Kier molecular flexibility index (Phi) is 5.33. The van der Waals surface area contributed by atoms with E-state index in [4.69, 9.17) is 14.4 Å². The van der Waals surface area contributed by atoms with Gasteiger partial charge in [-0.15, -0.1) is 0 Å². The zero-order valence-corrected chi connectivity index (χ0v) is 14.9. The summed E-state index contributed by atoms with van der Waals surface area (Å²) in [5.74, 6) is 1.85. The second-order valence-electron chi connectivity index (χ2n) is 6.55. The van der Waals surface area contributed by atoms with Crippen molar-refractivity contribution < 1.29 is 14.4 Å². The number of methoxy groups -OCH3 is 1. The van der Waals surface area contributed by atoms with Crippen LogP contribution in [0.15, 0.2) is 36.7 Å². The Morgan fingerprint density at radius 1 is 1.12 bits per heavy atom. The first-order valence-electron chi connectivity index (χ1n) is 8.85. The van der Waals surface area contributed by atoms with Crippen LogP contribution < -0.4 is 9.64 Å². The molecule has 1 radical (unpaired) electrons. The van der Waals surface area contributed by atoms with E-state index in [0.29, 0.717) is 12.5 Å². The third-order valence-corrected chi connectivity index (χ3v) is 4.84. The van der Waals surface area contributed by atoms with E-state index < -0.39 is 0 Å². The van der Waals surface area contributed by atoms with Gasteiger partial charge in [0.1, 0.15) is 5.82 Å². The summed E-state index contributed by atoms with van der Waals surface area (Å²) in [7, 11) is 3.35. The van der Waals surface area contributed by atoms with Gasteiger partial charge in [0.05, 0.1) is 13.7 Å². The van der Waals surface area contributed by atoms with E-state index in [-0.39, 0.29) is 5.82 Å². The highest BCUT2D eigenvalue weighted by molar-refractivity contribution is 6.30. The van der Waals surface area contributed by atoms with Crippen LogP contribution in [0, 0.1) is 0 Å². The minimum Gasteiger partial charge on any atom is -0.481 e. The molecule has 26 heavy (non-hydrogen) atoms. The molecule has 0 saturated carbocycles. The van der Waals surface area contributed by atoms with Gasteiger partial charge >= 0.3 is 7.48 Å². The van der Waals surface area contributed by atoms with E-state index in [9.17, 15) is 0 Å². The maximum atomic E-state index is 5.11. The highest BCUT2D eigenvalue weighted by Crippen LogP contribution is 2.22. The van der Waals surface area contributed by atoms with Crippen molar-refractivity contribution in [2.45, 2.75) is 12.4 Å². The fourth-order valence-corrected chi connectivity index (χ4v) is 3.26. The van der Waals surface area contributed by atoms with Gasteiger partial charge in [-0.1, -0.05) is 12.1 Å². The molecular weight excluding hydrogens is 331 g/mol. The minimum absolute atomic E-state index is 0.173. The zero-order chi connectivity index (χ0) is 17.8. The number of pyridine rings is 2. The Hall–Kier alpha value is -2.16. The first kappa shape index (κ1) is 17.3. The largest absolute Gasteiger partial charge is 0.481 e. The van der Waals surface area contributed by atoms with Crippen molar-refractivity contribution in [3.05, 3.63) is 47.8 Å². The lowest BCUT2D eigenvalue weighted by Crippen LogP contribution is -2.46. The van der Waals surface area contributed by atoms with Crippen LogP contribution in [-0.4, -0.2) is 62.2 Å². The van der Waals surface area contributed by atoms with Gasteiger partial charge in [-0.25, -0.2) is 9.97 Å². The zero-order valence-electron chi connectivity index (χ0n) is 14.9. The Morgan fingerprint density at radius 2 is 2.00 bits per heavy atom. The van der Waals surface area contributed by atoms with Crippen LogP contribution in [0.3, 0.4) is 0 Å². The van der Waals surface area contributed by atoms with Gasteiger partial charge in [-0.3, -0.25) is 9.79 Å². The molecule has 2 aromatic rings. The van der Waals surface area contributed by atoms with Crippen molar-refractivity contribution in [3.8, 4) is 5.88 Å². The smallest absolute Gasteiger partial charge is 0.354 e. The van der Waals surface area contributed by atoms with Crippen molar-refractivity contribution in [2.75, 3.05) is 44.8 Å². The van der Waals surface area contributed by atoms with Crippen LogP contribution in [-0.2, 0) is 16.2 Å². The first-order chi connectivity index (χ1) is 12.8. The molecule has 8 heteroatoms. The highest BCUT2D eigenvalue weighted by Gasteiger charge is 2.23. The fourth-order valence-electron chi connectivity index (χ4n) is 3.26. The monoisotopic (exact) mass is 353 g/mol. The van der Waals surface area contributed by atoms with Crippen LogP contribution in [0.5, 0.6) is 5.88 Å². The summed E-state index contributed by atoms with van der Waals surface area (Å²) < 4.78 is 5.11. The summed E-state index contributed by atoms with van der Waals surface area (Å²) in [6, 6.07) is 8.18. The van der Waals surface area contributed by atoms with Crippen molar-refractivity contribution in [1.29, 1.82) is 0 Å². The minimum atomic E-state index is 0.173. The lowest BCUT2D eigenvalue weighted by molar-refractivity contribution is -0.183. The Morgan fingerprint density at radius 3 is 2.62 bits per heavy atom. The topological polar surface area (TPSA) is 60.0 Å². The maximum Gasteiger partial charge on any atom is 0.354 e. The lowest BCUT2D eigenvalue weighted by Gasteiger charge is -2.35. The average molecular weight is 353 g/mol. The van der Waals surface area contributed by atoms with Gasteiger partial charge < -0.3 is 14.4 Å². The quantitative estimate of drug-likeness (QED) is 0.595. The van der Waals surface area contributed by atoms with Crippen molar-refractivity contribution in [2.24, 2.45) is 0 Å². The number of aromatic nitrogens is 2. The number of hydrogen-bond donors (Lipinski definition) is 0.